The third-order valence-corrected chi connectivity index (χ3v) is 2.75. The minimum atomic E-state index is 0.924. The number of rotatable bonds is 6. The molecular weight excluding hydrogens is 222 g/mol. The van der Waals surface area contributed by atoms with Crippen molar-refractivity contribution in [1.29, 1.82) is 0 Å². The van der Waals surface area contributed by atoms with Crippen LogP contribution in [0.1, 0.15) is 51.7 Å². The summed E-state index contributed by atoms with van der Waals surface area (Å²) in [5, 5.41) is 0. The quantitative estimate of drug-likeness (QED) is 0.607. The van der Waals surface area contributed by atoms with Crippen molar-refractivity contribution in [3.05, 3.63) is 29.3 Å². The van der Waals surface area contributed by atoms with E-state index in [0.717, 1.165) is 44.6 Å². The Balaban J connectivity index is 0.000000360. The molecule has 2 heteroatoms. The Labute approximate surface area is 113 Å². The number of para-hydroxylation sites is 1. The van der Waals surface area contributed by atoms with Crippen molar-refractivity contribution < 1.29 is 4.74 Å². The number of benzene rings is 1. The molecule has 0 atom stereocenters. The van der Waals surface area contributed by atoms with E-state index in [2.05, 4.69) is 45.9 Å². The van der Waals surface area contributed by atoms with E-state index >= 15 is 0 Å². The summed E-state index contributed by atoms with van der Waals surface area (Å²) in [6, 6.07) is 6.26. The third-order valence-electron chi connectivity index (χ3n) is 2.75. The summed E-state index contributed by atoms with van der Waals surface area (Å²) in [5.41, 5.74) is 9.42. The number of nitrogens with two attached hydrogens (primary N) is 1. The van der Waals surface area contributed by atoms with E-state index in [9.17, 15) is 0 Å². The van der Waals surface area contributed by atoms with Crippen LogP contribution in [0.4, 0.5) is 5.69 Å². The monoisotopic (exact) mass is 251 g/mol. The van der Waals surface area contributed by atoms with Gasteiger partial charge in [-0.15, -0.1) is 0 Å². The van der Waals surface area contributed by atoms with Gasteiger partial charge in [-0.3, -0.25) is 0 Å². The molecule has 0 spiro atoms. The molecule has 0 aliphatic rings. The molecule has 0 fully saturated rings. The van der Waals surface area contributed by atoms with Crippen molar-refractivity contribution in [3.8, 4) is 0 Å². The van der Waals surface area contributed by atoms with Crippen molar-refractivity contribution in [2.45, 2.75) is 53.4 Å². The first-order valence-electron chi connectivity index (χ1n) is 7.15. The van der Waals surface area contributed by atoms with E-state index in [4.69, 9.17) is 10.5 Å². The highest BCUT2D eigenvalue weighted by atomic mass is 16.5. The van der Waals surface area contributed by atoms with Gasteiger partial charge in [-0.2, -0.15) is 0 Å². The minimum absolute atomic E-state index is 0.924. The van der Waals surface area contributed by atoms with E-state index in [1.54, 1.807) is 0 Å². The van der Waals surface area contributed by atoms with Crippen molar-refractivity contribution in [2.75, 3.05) is 18.9 Å². The lowest BCUT2D eigenvalue weighted by Gasteiger charge is -2.06. The molecule has 0 unspecified atom stereocenters. The molecule has 1 aromatic rings. The van der Waals surface area contributed by atoms with Crippen molar-refractivity contribution >= 4 is 5.69 Å². The average Bonchev–Trinajstić information content (AvgIpc) is 2.40. The van der Waals surface area contributed by atoms with Crippen LogP contribution < -0.4 is 5.73 Å². The van der Waals surface area contributed by atoms with Crippen molar-refractivity contribution in [3.63, 3.8) is 0 Å². The Morgan fingerprint density at radius 3 is 1.67 bits per heavy atom. The van der Waals surface area contributed by atoms with Crippen LogP contribution in [0.5, 0.6) is 0 Å². The fraction of sp³-hybridized carbons (Fsp3) is 0.625. The average molecular weight is 251 g/mol. The molecule has 0 aromatic heterocycles. The standard InChI is InChI=1S/C10H15N.C6H14O/c1-3-8-6-5-7-9(4-2)10(8)11;1-3-5-7-6-4-2/h5-7H,3-4,11H2,1-2H3;3-6H2,1-2H3. The topological polar surface area (TPSA) is 35.2 Å². The molecule has 0 aliphatic carbocycles. The molecule has 104 valence electrons. The Hall–Kier alpha value is -1.02. The number of aryl methyl sites for hydroxylation is 2. The SMILES string of the molecule is CCCOCCC.CCc1cccc(CC)c1N. The first kappa shape index (κ1) is 17.0. The van der Waals surface area contributed by atoms with E-state index < -0.39 is 0 Å². The van der Waals surface area contributed by atoms with Gasteiger partial charge in [0.25, 0.3) is 0 Å². The lowest BCUT2D eigenvalue weighted by molar-refractivity contribution is 0.135. The molecule has 2 nitrogen and oxygen atoms in total. The van der Waals surface area contributed by atoms with Gasteiger partial charge >= 0.3 is 0 Å². The van der Waals surface area contributed by atoms with Crippen LogP contribution in [0, 0.1) is 0 Å². The second-order valence-corrected chi connectivity index (χ2v) is 4.31. The summed E-state index contributed by atoms with van der Waals surface area (Å²) >= 11 is 0. The number of hydrogen-bond acceptors (Lipinski definition) is 2. The van der Waals surface area contributed by atoms with Gasteiger partial charge in [0.2, 0.25) is 0 Å². The molecule has 0 radical (unpaired) electrons. The first-order valence-corrected chi connectivity index (χ1v) is 7.15. The lowest BCUT2D eigenvalue weighted by atomic mass is 10.0. The minimum Gasteiger partial charge on any atom is -0.398 e. The number of ether oxygens (including phenoxy) is 1. The van der Waals surface area contributed by atoms with Crippen LogP contribution >= 0.6 is 0 Å². The molecular formula is C16H29NO. The van der Waals surface area contributed by atoms with Crippen LogP contribution in [0.25, 0.3) is 0 Å². The number of anilines is 1. The molecule has 0 aliphatic heterocycles. The molecule has 0 saturated carbocycles. The van der Waals surface area contributed by atoms with E-state index in [-0.39, 0.29) is 0 Å². The van der Waals surface area contributed by atoms with Gasteiger partial charge in [-0.1, -0.05) is 45.9 Å². The summed E-state index contributed by atoms with van der Waals surface area (Å²) in [6.45, 7) is 10.4. The molecule has 0 saturated heterocycles. The maximum Gasteiger partial charge on any atom is 0.0463 e. The van der Waals surface area contributed by atoms with Gasteiger partial charge in [0, 0.05) is 18.9 Å². The second-order valence-electron chi connectivity index (χ2n) is 4.31. The Bertz CT molecular complexity index is 284. The molecule has 0 bridgehead atoms. The van der Waals surface area contributed by atoms with Gasteiger partial charge in [-0.05, 0) is 36.8 Å². The van der Waals surface area contributed by atoms with E-state index in [1.807, 2.05) is 0 Å². The molecule has 0 heterocycles. The highest BCUT2D eigenvalue weighted by Crippen LogP contribution is 2.17. The zero-order valence-electron chi connectivity index (χ0n) is 12.5. The largest absolute Gasteiger partial charge is 0.398 e. The van der Waals surface area contributed by atoms with Crippen LogP contribution in [-0.4, -0.2) is 13.2 Å². The predicted molar refractivity (Wildman–Crippen MR) is 81.0 cm³/mol. The summed E-state index contributed by atoms with van der Waals surface area (Å²) in [4.78, 5) is 0. The summed E-state index contributed by atoms with van der Waals surface area (Å²) in [7, 11) is 0. The van der Waals surface area contributed by atoms with Crippen molar-refractivity contribution in [1.82, 2.24) is 0 Å². The van der Waals surface area contributed by atoms with Crippen molar-refractivity contribution in [2.24, 2.45) is 0 Å². The van der Waals surface area contributed by atoms with Crippen LogP contribution in [-0.2, 0) is 17.6 Å². The lowest BCUT2D eigenvalue weighted by Crippen LogP contribution is -1.97. The van der Waals surface area contributed by atoms with Crippen LogP contribution in [0.3, 0.4) is 0 Å². The van der Waals surface area contributed by atoms with Gasteiger partial charge in [-0.25, -0.2) is 0 Å². The highest BCUT2D eigenvalue weighted by molar-refractivity contribution is 5.53. The van der Waals surface area contributed by atoms with Crippen LogP contribution in [0.15, 0.2) is 18.2 Å². The second kappa shape index (κ2) is 11.1. The zero-order valence-corrected chi connectivity index (χ0v) is 12.5. The Morgan fingerprint density at radius 1 is 0.889 bits per heavy atom. The normalized spacial score (nSPS) is 9.78. The van der Waals surface area contributed by atoms with Crippen LogP contribution in [0.2, 0.25) is 0 Å². The third kappa shape index (κ3) is 6.65. The first-order chi connectivity index (χ1) is 8.71. The predicted octanol–water partition coefficient (Wildman–Crippen LogP) is 4.22. The summed E-state index contributed by atoms with van der Waals surface area (Å²) < 4.78 is 5.13. The maximum absolute atomic E-state index is 5.90. The fourth-order valence-electron chi connectivity index (χ4n) is 1.67. The maximum atomic E-state index is 5.90. The van der Waals surface area contributed by atoms with Gasteiger partial charge in [0.1, 0.15) is 0 Å². The fourth-order valence-corrected chi connectivity index (χ4v) is 1.67. The molecule has 18 heavy (non-hydrogen) atoms. The Kier molecular flexibility index (Phi) is 10.5. The highest BCUT2D eigenvalue weighted by Gasteiger charge is 1.99. The van der Waals surface area contributed by atoms with Gasteiger partial charge < -0.3 is 10.5 Å². The molecule has 0 amide bonds. The molecule has 1 rings (SSSR count). The van der Waals surface area contributed by atoms with E-state index in [1.165, 1.54) is 11.1 Å². The molecule has 2 N–H and O–H groups in total. The molecule has 1 aromatic carbocycles. The number of nitrogen functional groups attached to an aromatic ring is 1. The van der Waals surface area contributed by atoms with Gasteiger partial charge in [0.05, 0.1) is 0 Å². The smallest absolute Gasteiger partial charge is 0.0463 e. The van der Waals surface area contributed by atoms with Gasteiger partial charge in [0.15, 0.2) is 0 Å². The number of hydrogen-bond donors (Lipinski definition) is 1. The van der Waals surface area contributed by atoms with E-state index in [0.29, 0.717) is 0 Å². The zero-order chi connectivity index (χ0) is 13.8. The summed E-state index contributed by atoms with van der Waals surface area (Å²) in [5.74, 6) is 0. The Morgan fingerprint density at radius 2 is 1.33 bits per heavy atom. The summed E-state index contributed by atoms with van der Waals surface area (Å²) in [6.07, 6.45) is 4.33.